The zero-order chi connectivity index (χ0) is 16.8. The third-order valence-corrected chi connectivity index (χ3v) is 3.04. The summed E-state index contributed by atoms with van der Waals surface area (Å²) < 4.78 is 41.9. The molecule has 0 saturated carbocycles. The van der Waals surface area contributed by atoms with E-state index in [1.807, 2.05) is 0 Å². The monoisotopic (exact) mass is 344 g/mol. The number of anilines is 2. The molecule has 23 heavy (non-hydrogen) atoms. The van der Waals surface area contributed by atoms with Gasteiger partial charge in [-0.05, 0) is 30.3 Å². The van der Waals surface area contributed by atoms with E-state index < -0.39 is 18.3 Å². The topological polar surface area (TPSA) is 50.4 Å². The van der Waals surface area contributed by atoms with E-state index in [2.05, 4.69) is 15.4 Å². The Balaban J connectivity index is 1.95. The molecule has 2 N–H and O–H groups in total. The maximum atomic E-state index is 13.0. The molecule has 0 saturated heterocycles. The molecule has 0 aliphatic heterocycles. The van der Waals surface area contributed by atoms with Crippen molar-refractivity contribution in [3.05, 3.63) is 53.3 Å². The highest BCUT2D eigenvalue weighted by molar-refractivity contribution is 6.31. The normalized spacial score (nSPS) is 10.5. The Labute approximate surface area is 135 Å². The third-order valence-electron chi connectivity index (χ3n) is 2.75. The average Bonchev–Trinajstić information content (AvgIpc) is 2.49. The molecule has 2 rings (SSSR count). The second-order valence-electron chi connectivity index (χ2n) is 4.41. The van der Waals surface area contributed by atoms with Gasteiger partial charge in [0.15, 0.2) is 0 Å². The van der Waals surface area contributed by atoms with Crippen molar-refractivity contribution in [2.24, 2.45) is 0 Å². The second kappa shape index (κ2) is 7.73. The van der Waals surface area contributed by atoms with Gasteiger partial charge in [-0.1, -0.05) is 23.7 Å². The van der Waals surface area contributed by atoms with Crippen molar-refractivity contribution >= 4 is 28.9 Å². The summed E-state index contributed by atoms with van der Waals surface area (Å²) in [7, 11) is 0. The number of nitrogens with one attached hydrogen (secondary N) is 2. The first-order valence-electron chi connectivity index (χ1n) is 6.48. The first-order chi connectivity index (χ1) is 11.0. The van der Waals surface area contributed by atoms with Gasteiger partial charge in [0.05, 0.1) is 17.3 Å². The van der Waals surface area contributed by atoms with E-state index in [1.165, 1.54) is 30.3 Å². The number of hydrogen-bond donors (Lipinski definition) is 2. The van der Waals surface area contributed by atoms with Gasteiger partial charge in [-0.2, -0.15) is 8.78 Å². The summed E-state index contributed by atoms with van der Waals surface area (Å²) in [5.41, 5.74) is 0.570. The first kappa shape index (κ1) is 17.0. The fourth-order valence-electron chi connectivity index (χ4n) is 1.77. The van der Waals surface area contributed by atoms with Crippen LogP contribution in [0.4, 0.5) is 24.5 Å². The molecule has 2 aromatic carbocycles. The number of alkyl halides is 2. The Morgan fingerprint density at radius 3 is 2.65 bits per heavy atom. The maximum absolute atomic E-state index is 13.0. The SMILES string of the molecule is O=C(CNc1ccccc1OC(F)F)Nc1ccc(F)c(Cl)c1. The molecule has 0 aliphatic carbocycles. The van der Waals surface area contributed by atoms with Gasteiger partial charge in [0.2, 0.25) is 5.91 Å². The maximum Gasteiger partial charge on any atom is 0.387 e. The number of hydrogen-bond acceptors (Lipinski definition) is 3. The highest BCUT2D eigenvalue weighted by Crippen LogP contribution is 2.25. The number of ether oxygens (including phenoxy) is 1. The molecule has 4 nitrogen and oxygen atoms in total. The van der Waals surface area contributed by atoms with Crippen LogP contribution in [0.1, 0.15) is 0 Å². The molecule has 0 heterocycles. The number of halogens is 4. The molecule has 122 valence electrons. The molecule has 0 bridgehead atoms. The van der Waals surface area contributed by atoms with E-state index in [4.69, 9.17) is 11.6 Å². The summed E-state index contributed by atoms with van der Waals surface area (Å²) >= 11 is 5.61. The zero-order valence-electron chi connectivity index (χ0n) is 11.7. The summed E-state index contributed by atoms with van der Waals surface area (Å²) in [5.74, 6) is -1.12. The van der Waals surface area contributed by atoms with Crippen molar-refractivity contribution in [1.82, 2.24) is 0 Å². The van der Waals surface area contributed by atoms with Crippen molar-refractivity contribution in [1.29, 1.82) is 0 Å². The average molecular weight is 345 g/mol. The van der Waals surface area contributed by atoms with Crippen LogP contribution in [0.15, 0.2) is 42.5 Å². The molecule has 0 radical (unpaired) electrons. The van der Waals surface area contributed by atoms with Crippen molar-refractivity contribution in [3.8, 4) is 5.75 Å². The summed E-state index contributed by atoms with van der Waals surface area (Å²) in [6.45, 7) is -3.16. The van der Waals surface area contributed by atoms with Gasteiger partial charge in [0.25, 0.3) is 0 Å². The molecular weight excluding hydrogens is 333 g/mol. The lowest BCUT2D eigenvalue weighted by molar-refractivity contribution is -0.114. The van der Waals surface area contributed by atoms with Crippen LogP contribution in [0.25, 0.3) is 0 Å². The summed E-state index contributed by atoms with van der Waals surface area (Å²) in [6.07, 6.45) is 0. The minimum Gasteiger partial charge on any atom is -0.433 e. The molecule has 2 aromatic rings. The van der Waals surface area contributed by atoms with Gasteiger partial charge in [-0.25, -0.2) is 4.39 Å². The minimum absolute atomic E-state index is 0.0693. The molecule has 0 fully saturated rings. The Kier molecular flexibility index (Phi) is 5.70. The molecule has 0 unspecified atom stereocenters. The number of carbonyl (C=O) groups is 1. The second-order valence-corrected chi connectivity index (χ2v) is 4.81. The zero-order valence-corrected chi connectivity index (χ0v) is 12.4. The van der Waals surface area contributed by atoms with Gasteiger partial charge >= 0.3 is 6.61 Å². The number of rotatable bonds is 6. The van der Waals surface area contributed by atoms with Gasteiger partial charge in [0.1, 0.15) is 11.6 Å². The van der Waals surface area contributed by atoms with Gasteiger partial charge < -0.3 is 15.4 Å². The molecule has 0 aliphatic rings. The fraction of sp³-hybridized carbons (Fsp3) is 0.133. The van der Waals surface area contributed by atoms with E-state index >= 15 is 0 Å². The van der Waals surface area contributed by atoms with Crippen LogP contribution in [-0.4, -0.2) is 19.1 Å². The predicted molar refractivity (Wildman–Crippen MR) is 81.6 cm³/mol. The lowest BCUT2D eigenvalue weighted by Gasteiger charge is -2.12. The third kappa shape index (κ3) is 5.07. The standard InChI is InChI=1S/C15H12ClF3N2O2/c16-10-7-9(5-6-11(10)17)21-14(22)8-20-12-3-1-2-4-13(12)23-15(18)19/h1-7,15,20H,8H2,(H,21,22). The lowest BCUT2D eigenvalue weighted by atomic mass is 10.3. The van der Waals surface area contributed by atoms with E-state index in [0.717, 1.165) is 6.07 Å². The molecule has 0 aromatic heterocycles. The van der Waals surface area contributed by atoms with Gasteiger partial charge in [-0.3, -0.25) is 4.79 Å². The molecule has 8 heteroatoms. The van der Waals surface area contributed by atoms with E-state index in [9.17, 15) is 18.0 Å². The van der Waals surface area contributed by atoms with Gasteiger partial charge in [0, 0.05) is 5.69 Å². The van der Waals surface area contributed by atoms with Crippen LogP contribution < -0.4 is 15.4 Å². The summed E-state index contributed by atoms with van der Waals surface area (Å²) in [5, 5.41) is 5.07. The molecular formula is C15H12ClF3N2O2. The number of carbonyl (C=O) groups excluding carboxylic acids is 1. The smallest absolute Gasteiger partial charge is 0.387 e. The molecule has 0 spiro atoms. The van der Waals surface area contributed by atoms with Crippen LogP contribution in [0.3, 0.4) is 0 Å². The summed E-state index contributed by atoms with van der Waals surface area (Å²) in [6, 6.07) is 9.74. The minimum atomic E-state index is -2.96. The number of amides is 1. The van der Waals surface area contributed by atoms with E-state index in [-0.39, 0.29) is 23.0 Å². The quantitative estimate of drug-likeness (QED) is 0.828. The fourth-order valence-corrected chi connectivity index (χ4v) is 1.95. The highest BCUT2D eigenvalue weighted by atomic mass is 35.5. The van der Waals surface area contributed by atoms with Crippen molar-refractivity contribution < 1.29 is 22.7 Å². The number of para-hydroxylation sites is 2. The van der Waals surface area contributed by atoms with Crippen LogP contribution >= 0.6 is 11.6 Å². The van der Waals surface area contributed by atoms with Gasteiger partial charge in [-0.15, -0.1) is 0 Å². The molecule has 0 atom stereocenters. The van der Waals surface area contributed by atoms with E-state index in [1.54, 1.807) is 6.07 Å². The van der Waals surface area contributed by atoms with Crippen molar-refractivity contribution in [2.75, 3.05) is 17.2 Å². The number of benzene rings is 2. The molecule has 1 amide bonds. The van der Waals surface area contributed by atoms with Crippen LogP contribution in [0, 0.1) is 5.82 Å². The van der Waals surface area contributed by atoms with Crippen LogP contribution in [0.2, 0.25) is 5.02 Å². The van der Waals surface area contributed by atoms with Crippen LogP contribution in [0.5, 0.6) is 5.75 Å². The highest BCUT2D eigenvalue weighted by Gasteiger charge is 2.10. The predicted octanol–water partition coefficient (Wildman–Crippen LogP) is 4.13. The summed E-state index contributed by atoms with van der Waals surface area (Å²) in [4.78, 5) is 11.8. The Bertz CT molecular complexity index is 698. The van der Waals surface area contributed by atoms with Crippen molar-refractivity contribution in [2.45, 2.75) is 6.61 Å². The lowest BCUT2D eigenvalue weighted by Crippen LogP contribution is -2.22. The largest absolute Gasteiger partial charge is 0.433 e. The first-order valence-corrected chi connectivity index (χ1v) is 6.86. The Morgan fingerprint density at radius 1 is 1.22 bits per heavy atom. The van der Waals surface area contributed by atoms with E-state index in [0.29, 0.717) is 5.69 Å². The Hall–Kier alpha value is -2.41. The van der Waals surface area contributed by atoms with Crippen molar-refractivity contribution in [3.63, 3.8) is 0 Å². The van der Waals surface area contributed by atoms with Crippen LogP contribution in [-0.2, 0) is 4.79 Å². The Morgan fingerprint density at radius 2 is 1.96 bits per heavy atom.